The SMILES string of the molecule is Fc1cccc(Cl)c1CNC1CCCCCC1. The average molecular weight is 256 g/mol. The minimum Gasteiger partial charge on any atom is -0.310 e. The van der Waals surface area contributed by atoms with E-state index in [-0.39, 0.29) is 5.82 Å². The van der Waals surface area contributed by atoms with Gasteiger partial charge in [-0.05, 0) is 25.0 Å². The quantitative estimate of drug-likeness (QED) is 0.795. The smallest absolute Gasteiger partial charge is 0.129 e. The van der Waals surface area contributed by atoms with Gasteiger partial charge in [0, 0.05) is 23.2 Å². The van der Waals surface area contributed by atoms with E-state index in [1.54, 1.807) is 12.1 Å². The summed E-state index contributed by atoms with van der Waals surface area (Å²) in [5.41, 5.74) is 0.596. The number of benzene rings is 1. The molecule has 1 nitrogen and oxygen atoms in total. The molecule has 3 heteroatoms. The van der Waals surface area contributed by atoms with Gasteiger partial charge in [0.1, 0.15) is 5.82 Å². The number of nitrogens with one attached hydrogen (secondary N) is 1. The molecule has 0 saturated heterocycles. The fourth-order valence-corrected chi connectivity index (χ4v) is 2.66. The lowest BCUT2D eigenvalue weighted by Crippen LogP contribution is -2.28. The van der Waals surface area contributed by atoms with Crippen LogP contribution in [0.2, 0.25) is 5.02 Å². The number of hydrogen-bond donors (Lipinski definition) is 1. The van der Waals surface area contributed by atoms with E-state index in [2.05, 4.69) is 5.32 Å². The largest absolute Gasteiger partial charge is 0.310 e. The summed E-state index contributed by atoms with van der Waals surface area (Å²) in [6, 6.07) is 5.38. The molecule has 0 heterocycles. The molecule has 0 radical (unpaired) electrons. The monoisotopic (exact) mass is 255 g/mol. The van der Waals surface area contributed by atoms with Gasteiger partial charge in [-0.1, -0.05) is 43.4 Å². The second kappa shape index (κ2) is 6.36. The van der Waals surface area contributed by atoms with E-state index in [0.29, 0.717) is 23.2 Å². The zero-order chi connectivity index (χ0) is 12.1. The first-order chi connectivity index (χ1) is 8.27. The van der Waals surface area contributed by atoms with Crippen molar-refractivity contribution in [1.82, 2.24) is 5.32 Å². The molecule has 2 rings (SSSR count). The van der Waals surface area contributed by atoms with Crippen molar-refractivity contribution in [2.75, 3.05) is 0 Å². The van der Waals surface area contributed by atoms with Crippen molar-refractivity contribution in [3.8, 4) is 0 Å². The predicted molar refractivity (Wildman–Crippen MR) is 69.7 cm³/mol. The molecule has 1 aromatic rings. The molecule has 1 aliphatic carbocycles. The van der Waals surface area contributed by atoms with Gasteiger partial charge >= 0.3 is 0 Å². The summed E-state index contributed by atoms with van der Waals surface area (Å²) in [5, 5.41) is 3.95. The number of halogens is 2. The highest BCUT2D eigenvalue weighted by atomic mass is 35.5. The van der Waals surface area contributed by atoms with Crippen LogP contribution in [0.15, 0.2) is 18.2 Å². The normalized spacial score (nSPS) is 18.0. The first-order valence-electron chi connectivity index (χ1n) is 6.43. The van der Waals surface area contributed by atoms with Gasteiger partial charge < -0.3 is 5.32 Å². The molecule has 1 fully saturated rings. The first kappa shape index (κ1) is 12.8. The average Bonchev–Trinajstić information content (AvgIpc) is 2.57. The Morgan fingerprint density at radius 2 is 1.88 bits per heavy atom. The van der Waals surface area contributed by atoms with Crippen LogP contribution in [0.1, 0.15) is 44.1 Å². The predicted octanol–water partition coefficient (Wildman–Crippen LogP) is 4.29. The molecule has 0 aliphatic heterocycles. The summed E-state index contributed by atoms with van der Waals surface area (Å²) in [5.74, 6) is -0.210. The highest BCUT2D eigenvalue weighted by molar-refractivity contribution is 6.31. The van der Waals surface area contributed by atoms with Gasteiger partial charge in [-0.2, -0.15) is 0 Å². The van der Waals surface area contributed by atoms with Gasteiger partial charge in [0.2, 0.25) is 0 Å². The molecule has 0 aromatic heterocycles. The van der Waals surface area contributed by atoms with Crippen LogP contribution in [0.3, 0.4) is 0 Å². The molecular weight excluding hydrogens is 237 g/mol. The molecule has 0 spiro atoms. The van der Waals surface area contributed by atoms with E-state index in [9.17, 15) is 4.39 Å². The Labute approximate surface area is 107 Å². The summed E-state index contributed by atoms with van der Waals surface area (Å²) >= 11 is 6.00. The van der Waals surface area contributed by atoms with Crippen LogP contribution in [0, 0.1) is 5.82 Å². The van der Waals surface area contributed by atoms with Crippen LogP contribution in [0.25, 0.3) is 0 Å². The summed E-state index contributed by atoms with van der Waals surface area (Å²) in [6.45, 7) is 0.538. The molecule has 0 unspecified atom stereocenters. The van der Waals surface area contributed by atoms with Crippen LogP contribution >= 0.6 is 11.6 Å². The Kier molecular flexibility index (Phi) is 4.81. The van der Waals surface area contributed by atoms with Crippen molar-refractivity contribution < 1.29 is 4.39 Å². The van der Waals surface area contributed by atoms with Crippen molar-refractivity contribution >= 4 is 11.6 Å². The zero-order valence-corrected chi connectivity index (χ0v) is 10.8. The van der Waals surface area contributed by atoms with Gasteiger partial charge in [-0.15, -0.1) is 0 Å². The lowest BCUT2D eigenvalue weighted by molar-refractivity contribution is 0.452. The fourth-order valence-electron chi connectivity index (χ4n) is 2.43. The van der Waals surface area contributed by atoms with Crippen LogP contribution in [0.5, 0.6) is 0 Å². The molecular formula is C14H19ClFN. The molecule has 1 saturated carbocycles. The Morgan fingerprint density at radius 1 is 1.18 bits per heavy atom. The first-order valence-corrected chi connectivity index (χ1v) is 6.81. The van der Waals surface area contributed by atoms with Gasteiger partial charge in [-0.25, -0.2) is 4.39 Å². The highest BCUT2D eigenvalue weighted by Gasteiger charge is 2.13. The molecule has 94 valence electrons. The maximum atomic E-state index is 13.6. The van der Waals surface area contributed by atoms with Gasteiger partial charge in [-0.3, -0.25) is 0 Å². The summed E-state index contributed by atoms with van der Waals surface area (Å²) in [6.07, 6.45) is 7.63. The second-order valence-corrected chi connectivity index (χ2v) is 5.18. The lowest BCUT2D eigenvalue weighted by atomic mass is 10.1. The number of rotatable bonds is 3. The molecule has 1 aliphatic rings. The second-order valence-electron chi connectivity index (χ2n) is 4.77. The highest BCUT2D eigenvalue weighted by Crippen LogP contribution is 2.21. The van der Waals surface area contributed by atoms with Crippen molar-refractivity contribution in [3.63, 3.8) is 0 Å². The van der Waals surface area contributed by atoms with Crippen LogP contribution < -0.4 is 5.32 Å². The third kappa shape index (κ3) is 3.68. The van der Waals surface area contributed by atoms with Gasteiger partial charge in [0.05, 0.1) is 0 Å². The molecule has 17 heavy (non-hydrogen) atoms. The minimum absolute atomic E-state index is 0.210. The molecule has 0 amide bonds. The zero-order valence-electron chi connectivity index (χ0n) is 10.0. The molecule has 1 aromatic carbocycles. The van der Waals surface area contributed by atoms with Crippen LogP contribution in [-0.4, -0.2) is 6.04 Å². The van der Waals surface area contributed by atoms with E-state index in [4.69, 9.17) is 11.6 Å². The van der Waals surface area contributed by atoms with E-state index >= 15 is 0 Å². The topological polar surface area (TPSA) is 12.0 Å². The van der Waals surface area contributed by atoms with E-state index in [0.717, 1.165) is 0 Å². The molecule has 0 atom stereocenters. The Hall–Kier alpha value is -0.600. The molecule has 1 N–H and O–H groups in total. The fraction of sp³-hybridized carbons (Fsp3) is 0.571. The lowest BCUT2D eigenvalue weighted by Gasteiger charge is -2.17. The van der Waals surface area contributed by atoms with Crippen LogP contribution in [0.4, 0.5) is 4.39 Å². The third-order valence-electron chi connectivity index (χ3n) is 3.48. The van der Waals surface area contributed by atoms with Crippen molar-refractivity contribution in [3.05, 3.63) is 34.6 Å². The van der Waals surface area contributed by atoms with Gasteiger partial charge in [0.15, 0.2) is 0 Å². The van der Waals surface area contributed by atoms with Gasteiger partial charge in [0.25, 0.3) is 0 Å². The maximum Gasteiger partial charge on any atom is 0.129 e. The standard InChI is InChI=1S/C14H19ClFN/c15-13-8-5-9-14(16)12(13)10-17-11-6-3-1-2-4-7-11/h5,8-9,11,17H,1-4,6-7,10H2. The van der Waals surface area contributed by atoms with Crippen molar-refractivity contribution in [2.45, 2.75) is 51.1 Å². The Bertz CT molecular complexity index is 339. The molecule has 0 bridgehead atoms. The maximum absolute atomic E-state index is 13.6. The Morgan fingerprint density at radius 3 is 2.53 bits per heavy atom. The van der Waals surface area contributed by atoms with Crippen molar-refractivity contribution in [1.29, 1.82) is 0 Å². The Balaban J connectivity index is 1.92. The third-order valence-corrected chi connectivity index (χ3v) is 3.84. The summed E-state index contributed by atoms with van der Waals surface area (Å²) in [7, 11) is 0. The van der Waals surface area contributed by atoms with E-state index in [1.807, 2.05) is 0 Å². The van der Waals surface area contributed by atoms with E-state index in [1.165, 1.54) is 44.6 Å². The minimum atomic E-state index is -0.210. The summed E-state index contributed by atoms with van der Waals surface area (Å²) in [4.78, 5) is 0. The summed E-state index contributed by atoms with van der Waals surface area (Å²) < 4.78 is 13.6. The van der Waals surface area contributed by atoms with Crippen molar-refractivity contribution in [2.24, 2.45) is 0 Å². The number of hydrogen-bond acceptors (Lipinski definition) is 1. The van der Waals surface area contributed by atoms with E-state index < -0.39 is 0 Å². The van der Waals surface area contributed by atoms with Crippen LogP contribution in [-0.2, 0) is 6.54 Å².